The number of sulfone groups is 2. The van der Waals surface area contributed by atoms with Crippen molar-refractivity contribution in [3.63, 3.8) is 0 Å². The molecule has 0 radical (unpaired) electrons. The number of hydrogen-bond acceptors (Lipinski definition) is 17. The molecule has 500 valence electrons. The molecule has 0 bridgehead atoms. The number of imide groups is 1. The molecular formula is C70H74N10O12S4. The predicted octanol–water partition coefficient (Wildman–Crippen LogP) is 10.4. The predicted molar refractivity (Wildman–Crippen MR) is 366 cm³/mol. The molecule has 4 aromatic heterocycles. The second-order valence-electron chi connectivity index (χ2n) is 22.9. The first-order valence-corrected chi connectivity index (χ1v) is 36.7. The number of hydrogen-bond donors (Lipinski definition) is 2. The standard InChI is InChI=1S/C36H38N4O6S2.C26H29N5O3S.C8H7NO3S/c1-6-33-38-36-27(5)37-26(4)21-32(36)40(33)29-13-11-28(12-14-29)19-20-39(34(41)22-47(43,44)30-15-7-24(2)8-16-30)35(42)23-48(45,46)31-17-9-25(3)10-18-31;1-5-24-29-25-19(4)28-18(3)16-23(25)31(24)21-10-8-20(9-11-21)14-15-27-26(32)30-35(33,34)22-12-6-17(2)7-13-22;1-7-2-4-8(5-3-7)13(10,11)12-6-9/h7-18,21H,6,19-20,22-23H2,1-5H3;6-13,16H,5,14-15H2,1-4H3,(H2,27,30,32);2-5H,1H3. The van der Waals surface area contributed by atoms with Gasteiger partial charge in [-0.2, -0.15) is 8.42 Å². The first-order chi connectivity index (χ1) is 45.4. The first kappa shape index (κ1) is 71.9. The van der Waals surface area contributed by atoms with E-state index in [1.807, 2.05) is 117 Å². The van der Waals surface area contributed by atoms with Crippen LogP contribution in [0.15, 0.2) is 177 Å². The van der Waals surface area contributed by atoms with Gasteiger partial charge in [-0.3, -0.25) is 37.8 Å². The maximum absolute atomic E-state index is 13.5. The molecule has 2 N–H and O–H groups in total. The maximum atomic E-state index is 13.5. The largest absolute Gasteiger partial charge is 0.348 e. The summed E-state index contributed by atoms with van der Waals surface area (Å²) in [5.74, 6) is -2.10. The van der Waals surface area contributed by atoms with Crippen LogP contribution in [-0.4, -0.2) is 110 Å². The van der Waals surface area contributed by atoms with Gasteiger partial charge in [-0.1, -0.05) is 109 Å². The Morgan fingerprint density at radius 2 is 0.854 bits per heavy atom. The van der Waals surface area contributed by atoms with Crippen molar-refractivity contribution < 1.29 is 52.2 Å². The highest BCUT2D eigenvalue weighted by Crippen LogP contribution is 2.28. The van der Waals surface area contributed by atoms with E-state index < -0.39 is 69.2 Å². The van der Waals surface area contributed by atoms with Gasteiger partial charge in [-0.25, -0.2) is 44.7 Å². The third-order valence-electron chi connectivity index (χ3n) is 15.4. The number of carbonyl (C=O) groups is 3. The number of nitrogens with zero attached hydrogens (tertiary/aromatic N) is 8. The van der Waals surface area contributed by atoms with Crippen LogP contribution in [0, 0.1) is 66.9 Å². The Labute approximate surface area is 560 Å². The van der Waals surface area contributed by atoms with E-state index in [4.69, 9.17) is 15.2 Å². The Balaban J connectivity index is 0.000000213. The number of nitriles is 1. The van der Waals surface area contributed by atoms with Crippen LogP contribution in [0.2, 0.25) is 0 Å². The molecule has 10 aromatic rings. The molecule has 22 nitrogen and oxygen atoms in total. The van der Waals surface area contributed by atoms with Gasteiger partial charge in [0.25, 0.3) is 10.0 Å². The molecule has 0 unspecified atom stereocenters. The quantitative estimate of drug-likeness (QED) is 0.0529. The van der Waals surface area contributed by atoms with Gasteiger partial charge in [0.2, 0.25) is 11.8 Å². The number of fused-ring (bicyclic) bond motifs is 2. The number of rotatable bonds is 20. The molecule has 4 heterocycles. The number of aryl methyl sites for hydroxylation is 10. The molecular weight excluding hydrogens is 1300 g/mol. The van der Waals surface area contributed by atoms with Crippen LogP contribution in [-0.2, 0) is 79.3 Å². The number of imidazole rings is 2. The zero-order valence-electron chi connectivity index (χ0n) is 54.8. The zero-order chi connectivity index (χ0) is 69.9. The highest BCUT2D eigenvalue weighted by atomic mass is 32.2. The number of benzene rings is 6. The molecule has 0 saturated heterocycles. The summed E-state index contributed by atoms with van der Waals surface area (Å²) in [5.41, 5.74) is 14.5. The average Bonchev–Trinajstić information content (AvgIpc) is 1.58. The summed E-state index contributed by atoms with van der Waals surface area (Å²) in [6.07, 6.45) is 3.37. The van der Waals surface area contributed by atoms with Crippen molar-refractivity contribution in [2.45, 2.75) is 115 Å². The number of sulfonamides is 1. The molecule has 26 heteroatoms. The lowest BCUT2D eigenvalue weighted by molar-refractivity contribution is -0.141. The van der Waals surface area contributed by atoms with Crippen molar-refractivity contribution in [2.24, 2.45) is 0 Å². The van der Waals surface area contributed by atoms with E-state index in [0.29, 0.717) is 19.4 Å². The van der Waals surface area contributed by atoms with Gasteiger partial charge in [0.15, 0.2) is 19.7 Å². The second-order valence-corrected chi connectivity index (χ2v) is 30.1. The topological polar surface area (TPSA) is 310 Å². The van der Waals surface area contributed by atoms with Gasteiger partial charge in [0.05, 0.1) is 37.1 Å². The number of pyridine rings is 2. The fourth-order valence-electron chi connectivity index (χ4n) is 10.4. The molecule has 6 aromatic carbocycles. The van der Waals surface area contributed by atoms with Crippen LogP contribution < -0.4 is 10.0 Å². The second kappa shape index (κ2) is 30.6. The van der Waals surface area contributed by atoms with Crippen molar-refractivity contribution in [3.05, 3.63) is 226 Å². The van der Waals surface area contributed by atoms with Crippen molar-refractivity contribution in [1.82, 2.24) is 44.0 Å². The maximum Gasteiger partial charge on any atom is 0.348 e. The molecule has 0 aliphatic carbocycles. The Kier molecular flexibility index (Phi) is 22.9. The summed E-state index contributed by atoms with van der Waals surface area (Å²) in [7, 11) is -16.0. The van der Waals surface area contributed by atoms with E-state index >= 15 is 0 Å². The fourth-order valence-corrected chi connectivity index (χ4v) is 14.3. The lowest BCUT2D eigenvalue weighted by Gasteiger charge is -2.21. The van der Waals surface area contributed by atoms with E-state index in [1.54, 1.807) is 48.5 Å². The summed E-state index contributed by atoms with van der Waals surface area (Å²) in [6, 6.07) is 43.4. The number of carbonyl (C=O) groups excluding carboxylic acids is 3. The van der Waals surface area contributed by atoms with Gasteiger partial charge in [0.1, 0.15) is 39.1 Å². The molecule has 0 atom stereocenters. The zero-order valence-corrected chi connectivity index (χ0v) is 58.0. The molecule has 0 spiro atoms. The average molecular weight is 1380 g/mol. The molecule has 0 saturated carbocycles. The third kappa shape index (κ3) is 17.9. The van der Waals surface area contributed by atoms with Gasteiger partial charge in [0, 0.05) is 48.7 Å². The van der Waals surface area contributed by atoms with E-state index in [2.05, 4.69) is 46.3 Å². The van der Waals surface area contributed by atoms with Crippen molar-refractivity contribution in [2.75, 3.05) is 24.6 Å². The minimum atomic E-state index is -4.11. The summed E-state index contributed by atoms with van der Waals surface area (Å²) < 4.78 is 110. The third-order valence-corrected chi connectivity index (χ3v) is 21.1. The van der Waals surface area contributed by atoms with Gasteiger partial charge < -0.3 is 5.32 Å². The normalized spacial score (nSPS) is 11.6. The summed E-state index contributed by atoms with van der Waals surface area (Å²) in [4.78, 5) is 58.5. The van der Waals surface area contributed by atoms with Gasteiger partial charge in [-0.15, -0.1) is 5.26 Å². The smallest absolute Gasteiger partial charge is 0.337 e. The Bertz CT molecular complexity index is 4930. The highest BCUT2D eigenvalue weighted by molar-refractivity contribution is 7.92. The van der Waals surface area contributed by atoms with Crippen LogP contribution in [0.1, 0.15) is 81.7 Å². The minimum absolute atomic E-state index is 0.0142. The van der Waals surface area contributed by atoms with E-state index in [0.717, 1.165) is 119 Å². The fraction of sp³-hybridized carbons (Fsp3) is 0.257. The van der Waals surface area contributed by atoms with E-state index in [-0.39, 0.29) is 32.5 Å². The van der Waals surface area contributed by atoms with Gasteiger partial charge in [-0.05, 0) is 164 Å². The Morgan fingerprint density at radius 1 is 0.490 bits per heavy atom. The Hall–Kier alpha value is -9.94. The van der Waals surface area contributed by atoms with Crippen LogP contribution in [0.5, 0.6) is 0 Å². The molecule has 0 aliphatic rings. The molecule has 10 rings (SSSR count). The number of urea groups is 1. The van der Waals surface area contributed by atoms with Crippen molar-refractivity contribution in [3.8, 4) is 17.6 Å². The van der Waals surface area contributed by atoms with Crippen molar-refractivity contribution >= 4 is 79.7 Å². The SMILES string of the molecule is CCc1nc2c(C)nc(C)cc2n1-c1ccc(CCN(C(=O)CS(=O)(=O)c2ccc(C)cc2)C(=O)CS(=O)(=O)c2ccc(C)cc2)cc1.CCc1nc2c(C)nc(C)cc2n1-c1ccc(CCNC(=O)NS(=O)(=O)c2ccc(C)cc2)cc1.Cc1ccc(S(=O)(=O)OC#N)cc1. The summed E-state index contributed by atoms with van der Waals surface area (Å²) >= 11 is 0. The van der Waals surface area contributed by atoms with E-state index in [9.17, 15) is 48.1 Å². The lowest BCUT2D eigenvalue weighted by Crippen LogP contribution is -2.44. The molecule has 96 heavy (non-hydrogen) atoms. The van der Waals surface area contributed by atoms with Gasteiger partial charge >= 0.3 is 22.4 Å². The molecule has 0 aliphatic heterocycles. The first-order valence-electron chi connectivity index (χ1n) is 30.5. The summed E-state index contributed by atoms with van der Waals surface area (Å²) in [5, 5.41) is 10.7. The van der Waals surface area contributed by atoms with Crippen LogP contribution in [0.4, 0.5) is 4.79 Å². The Morgan fingerprint density at radius 3 is 1.23 bits per heavy atom. The van der Waals surface area contributed by atoms with E-state index in [1.165, 1.54) is 48.5 Å². The molecule has 0 fully saturated rings. The monoisotopic (exact) mass is 1370 g/mol. The van der Waals surface area contributed by atoms with Crippen molar-refractivity contribution in [1.29, 1.82) is 5.26 Å². The number of nitrogens with one attached hydrogen (secondary N) is 2. The summed E-state index contributed by atoms with van der Waals surface area (Å²) in [6.45, 7) is 19.3. The highest BCUT2D eigenvalue weighted by Gasteiger charge is 2.31. The number of amides is 4. The molecule has 4 amide bonds. The minimum Gasteiger partial charge on any atom is -0.337 e. The van der Waals surface area contributed by atoms with Crippen LogP contribution in [0.3, 0.4) is 0 Å². The lowest BCUT2D eigenvalue weighted by atomic mass is 10.1. The van der Waals surface area contributed by atoms with Crippen LogP contribution >= 0.6 is 0 Å². The van der Waals surface area contributed by atoms with Crippen LogP contribution in [0.25, 0.3) is 33.4 Å². The number of aromatic nitrogens is 6.